The van der Waals surface area contributed by atoms with Crippen molar-refractivity contribution in [3.05, 3.63) is 35.9 Å². The minimum Gasteiger partial charge on any atom is -0.299 e. The predicted octanol–water partition coefficient (Wildman–Crippen LogP) is 3.59. The second kappa shape index (κ2) is 4.09. The molecule has 96 valence electrons. The minimum atomic E-state index is 0.554. The minimum absolute atomic E-state index is 0.554. The Morgan fingerprint density at radius 2 is 1.78 bits per heavy atom. The van der Waals surface area contributed by atoms with Crippen LogP contribution in [0.3, 0.4) is 0 Å². The van der Waals surface area contributed by atoms with Crippen molar-refractivity contribution < 1.29 is 0 Å². The van der Waals surface area contributed by atoms with Gasteiger partial charge in [-0.1, -0.05) is 49.6 Å². The normalized spacial score (nSPS) is 36.6. The summed E-state index contributed by atoms with van der Waals surface area (Å²) in [4.78, 5) is 2.82. The standard InChI is InChI=1S/C17H23N/c1-3-7-14(8-4-1)17-11-15(17)12-18(13-17)16-9-5-2-6-10-16/h1,3-4,7-8,15-16H,2,5-6,9-13H2/t15-,17+/m1/s1. The predicted molar refractivity (Wildman–Crippen MR) is 74.7 cm³/mol. The smallest absolute Gasteiger partial charge is 0.0124 e. The molecule has 0 unspecified atom stereocenters. The summed E-state index contributed by atoms with van der Waals surface area (Å²) in [5.41, 5.74) is 2.16. The van der Waals surface area contributed by atoms with Crippen LogP contribution in [0.4, 0.5) is 0 Å². The Bertz CT molecular complexity index is 420. The molecule has 2 saturated carbocycles. The average molecular weight is 241 g/mol. The lowest BCUT2D eigenvalue weighted by Gasteiger charge is -2.33. The Kier molecular flexibility index (Phi) is 2.51. The molecular formula is C17H23N. The van der Waals surface area contributed by atoms with Gasteiger partial charge >= 0.3 is 0 Å². The fraction of sp³-hybridized carbons (Fsp3) is 0.647. The highest BCUT2D eigenvalue weighted by atomic mass is 15.2. The van der Waals surface area contributed by atoms with Crippen LogP contribution in [0.5, 0.6) is 0 Å². The van der Waals surface area contributed by atoms with E-state index in [1.54, 1.807) is 5.56 Å². The van der Waals surface area contributed by atoms with Gasteiger partial charge in [0.2, 0.25) is 0 Å². The first-order valence-corrected chi connectivity index (χ1v) is 7.68. The zero-order valence-corrected chi connectivity index (χ0v) is 11.1. The van der Waals surface area contributed by atoms with Crippen LogP contribution in [0.2, 0.25) is 0 Å². The Morgan fingerprint density at radius 3 is 2.56 bits per heavy atom. The summed E-state index contributed by atoms with van der Waals surface area (Å²) in [7, 11) is 0. The van der Waals surface area contributed by atoms with E-state index in [4.69, 9.17) is 0 Å². The summed E-state index contributed by atoms with van der Waals surface area (Å²) in [6.45, 7) is 2.71. The topological polar surface area (TPSA) is 3.24 Å². The van der Waals surface area contributed by atoms with Crippen molar-refractivity contribution in [2.75, 3.05) is 13.1 Å². The first kappa shape index (κ1) is 11.0. The molecule has 0 bridgehead atoms. The van der Waals surface area contributed by atoms with Gasteiger partial charge in [-0.15, -0.1) is 0 Å². The van der Waals surface area contributed by atoms with Crippen LogP contribution in [-0.2, 0) is 5.41 Å². The number of fused-ring (bicyclic) bond motifs is 1. The van der Waals surface area contributed by atoms with E-state index in [9.17, 15) is 0 Å². The molecule has 1 saturated heterocycles. The van der Waals surface area contributed by atoms with Crippen LogP contribution in [0.15, 0.2) is 30.3 Å². The Hall–Kier alpha value is -0.820. The Balaban J connectivity index is 1.51. The molecule has 1 aliphatic heterocycles. The first-order valence-electron chi connectivity index (χ1n) is 7.68. The van der Waals surface area contributed by atoms with Crippen LogP contribution in [-0.4, -0.2) is 24.0 Å². The van der Waals surface area contributed by atoms with Gasteiger partial charge in [0.1, 0.15) is 0 Å². The number of benzene rings is 1. The maximum absolute atomic E-state index is 2.82. The second-order valence-corrected chi connectivity index (χ2v) is 6.64. The molecule has 4 rings (SSSR count). The fourth-order valence-corrected chi connectivity index (χ4v) is 4.46. The number of likely N-dealkylation sites (tertiary alicyclic amines) is 1. The van der Waals surface area contributed by atoms with Gasteiger partial charge in [-0.3, -0.25) is 4.90 Å². The van der Waals surface area contributed by atoms with E-state index in [-0.39, 0.29) is 0 Å². The zero-order chi connectivity index (χ0) is 12.0. The molecule has 2 aliphatic carbocycles. The van der Waals surface area contributed by atoms with Crippen LogP contribution in [0.1, 0.15) is 44.1 Å². The van der Waals surface area contributed by atoms with Crippen molar-refractivity contribution in [3.8, 4) is 0 Å². The van der Waals surface area contributed by atoms with E-state index in [1.165, 1.54) is 51.6 Å². The highest BCUT2D eigenvalue weighted by Crippen LogP contribution is 2.59. The van der Waals surface area contributed by atoms with E-state index in [2.05, 4.69) is 35.2 Å². The third-order valence-corrected chi connectivity index (χ3v) is 5.61. The van der Waals surface area contributed by atoms with Crippen molar-refractivity contribution in [2.24, 2.45) is 5.92 Å². The van der Waals surface area contributed by atoms with Crippen LogP contribution >= 0.6 is 0 Å². The Labute approximate surface area is 110 Å². The molecule has 1 heteroatoms. The maximum Gasteiger partial charge on any atom is 0.0124 e. The van der Waals surface area contributed by atoms with Gasteiger partial charge < -0.3 is 0 Å². The molecule has 1 nitrogen and oxygen atoms in total. The largest absolute Gasteiger partial charge is 0.299 e. The molecule has 0 radical (unpaired) electrons. The second-order valence-electron chi connectivity index (χ2n) is 6.64. The lowest BCUT2D eigenvalue weighted by atomic mass is 9.92. The molecule has 0 amide bonds. The van der Waals surface area contributed by atoms with Gasteiger partial charge in [0, 0.05) is 24.5 Å². The summed E-state index contributed by atoms with van der Waals surface area (Å²) in [5, 5.41) is 0. The van der Waals surface area contributed by atoms with E-state index in [0.717, 1.165) is 12.0 Å². The highest BCUT2D eigenvalue weighted by Gasteiger charge is 2.61. The number of hydrogen-bond donors (Lipinski definition) is 0. The lowest BCUT2D eigenvalue weighted by molar-refractivity contribution is 0.170. The van der Waals surface area contributed by atoms with Gasteiger partial charge in [-0.05, 0) is 30.7 Å². The van der Waals surface area contributed by atoms with E-state index in [1.807, 2.05) is 0 Å². The summed E-state index contributed by atoms with van der Waals surface area (Å²) in [5.74, 6) is 0.960. The number of nitrogens with zero attached hydrogens (tertiary/aromatic N) is 1. The fourth-order valence-electron chi connectivity index (χ4n) is 4.46. The van der Waals surface area contributed by atoms with E-state index in [0.29, 0.717) is 5.41 Å². The van der Waals surface area contributed by atoms with Gasteiger partial charge in [0.15, 0.2) is 0 Å². The zero-order valence-electron chi connectivity index (χ0n) is 11.1. The number of rotatable bonds is 2. The molecular weight excluding hydrogens is 218 g/mol. The maximum atomic E-state index is 2.82. The van der Waals surface area contributed by atoms with E-state index < -0.39 is 0 Å². The summed E-state index contributed by atoms with van der Waals surface area (Å²) in [6, 6.07) is 12.2. The molecule has 1 heterocycles. The van der Waals surface area contributed by atoms with Gasteiger partial charge in [0.25, 0.3) is 0 Å². The average Bonchev–Trinajstić information content (AvgIpc) is 3.03. The third-order valence-electron chi connectivity index (χ3n) is 5.61. The van der Waals surface area contributed by atoms with Gasteiger partial charge in [-0.2, -0.15) is 0 Å². The molecule has 2 atom stereocenters. The van der Waals surface area contributed by atoms with Gasteiger partial charge in [0.05, 0.1) is 0 Å². The van der Waals surface area contributed by atoms with Crippen LogP contribution < -0.4 is 0 Å². The third kappa shape index (κ3) is 1.64. The summed E-state index contributed by atoms with van der Waals surface area (Å²) in [6.07, 6.45) is 8.75. The summed E-state index contributed by atoms with van der Waals surface area (Å²) >= 11 is 0. The van der Waals surface area contributed by atoms with Crippen molar-refractivity contribution >= 4 is 0 Å². The molecule has 0 spiro atoms. The Morgan fingerprint density at radius 1 is 1.00 bits per heavy atom. The summed E-state index contributed by atoms with van der Waals surface area (Å²) < 4.78 is 0. The molecule has 3 aliphatic rings. The van der Waals surface area contributed by atoms with Crippen molar-refractivity contribution in [1.29, 1.82) is 0 Å². The number of hydrogen-bond acceptors (Lipinski definition) is 1. The van der Waals surface area contributed by atoms with Gasteiger partial charge in [-0.25, -0.2) is 0 Å². The monoisotopic (exact) mass is 241 g/mol. The van der Waals surface area contributed by atoms with Crippen LogP contribution in [0, 0.1) is 5.92 Å². The van der Waals surface area contributed by atoms with E-state index >= 15 is 0 Å². The van der Waals surface area contributed by atoms with Crippen LogP contribution in [0.25, 0.3) is 0 Å². The quantitative estimate of drug-likeness (QED) is 0.765. The van der Waals surface area contributed by atoms with Crippen molar-refractivity contribution in [3.63, 3.8) is 0 Å². The number of piperidine rings is 1. The lowest BCUT2D eigenvalue weighted by Crippen LogP contribution is -2.37. The molecule has 0 N–H and O–H groups in total. The molecule has 3 fully saturated rings. The van der Waals surface area contributed by atoms with Crippen molar-refractivity contribution in [1.82, 2.24) is 4.90 Å². The first-order chi connectivity index (χ1) is 8.88. The molecule has 1 aromatic carbocycles. The molecule has 18 heavy (non-hydrogen) atoms. The highest BCUT2D eigenvalue weighted by molar-refractivity contribution is 5.37. The van der Waals surface area contributed by atoms with Crippen molar-refractivity contribution in [2.45, 2.75) is 50.0 Å². The SMILES string of the molecule is c1ccc([C@@]23C[C@@H]2CN(C2CCCCC2)C3)cc1. The molecule has 0 aromatic heterocycles. The molecule has 1 aromatic rings.